The number of hydrogen-bond donors (Lipinski definition) is 0. The number of esters is 1. The lowest BCUT2D eigenvalue weighted by atomic mass is 9.97. The molecule has 0 saturated carbocycles. The zero-order valence-corrected chi connectivity index (χ0v) is 17.1. The van der Waals surface area contributed by atoms with Crippen LogP contribution in [-0.2, 0) is 14.3 Å². The number of benzene rings is 1. The predicted octanol–water partition coefficient (Wildman–Crippen LogP) is 1.89. The van der Waals surface area contributed by atoms with Crippen LogP contribution in [0.15, 0.2) is 36.7 Å². The Kier molecular flexibility index (Phi) is 6.81. The lowest BCUT2D eigenvalue weighted by molar-refractivity contribution is -0.151. The number of aromatic nitrogens is 2. The van der Waals surface area contributed by atoms with E-state index in [2.05, 4.69) is 5.10 Å². The third kappa shape index (κ3) is 4.84. The Labute approximate surface area is 174 Å². The minimum Gasteiger partial charge on any atom is -0.466 e. The van der Waals surface area contributed by atoms with Gasteiger partial charge in [0.1, 0.15) is 11.5 Å². The number of para-hydroxylation sites is 1. The second-order valence-electron chi connectivity index (χ2n) is 7.19. The number of halogens is 1. The largest absolute Gasteiger partial charge is 0.466 e. The van der Waals surface area contributed by atoms with Gasteiger partial charge in [-0.1, -0.05) is 12.1 Å². The third-order valence-electron chi connectivity index (χ3n) is 5.12. The highest BCUT2D eigenvalue weighted by Crippen LogP contribution is 2.19. The molecule has 9 heteroatoms. The molecule has 160 valence electrons. The van der Waals surface area contributed by atoms with Crippen molar-refractivity contribution in [2.75, 3.05) is 33.3 Å². The molecule has 0 N–H and O–H groups in total. The Morgan fingerprint density at radius 1 is 1.23 bits per heavy atom. The Hall–Kier alpha value is -3.23. The molecule has 2 heterocycles. The van der Waals surface area contributed by atoms with Crippen molar-refractivity contribution < 1.29 is 23.5 Å². The molecule has 3 rings (SSSR count). The molecular formula is C21H25FN4O4. The van der Waals surface area contributed by atoms with E-state index in [0.717, 1.165) is 0 Å². The Balaban J connectivity index is 1.55. The summed E-state index contributed by atoms with van der Waals surface area (Å²) in [6, 6.07) is 6.12. The van der Waals surface area contributed by atoms with E-state index in [4.69, 9.17) is 4.74 Å². The highest BCUT2D eigenvalue weighted by Gasteiger charge is 2.29. The molecule has 0 aliphatic carbocycles. The van der Waals surface area contributed by atoms with Crippen LogP contribution >= 0.6 is 0 Å². The summed E-state index contributed by atoms with van der Waals surface area (Å²) < 4.78 is 20.2. The molecule has 1 aliphatic heterocycles. The van der Waals surface area contributed by atoms with Gasteiger partial charge in [0.05, 0.1) is 30.8 Å². The number of rotatable bonds is 6. The van der Waals surface area contributed by atoms with Gasteiger partial charge in [-0.05, 0) is 31.9 Å². The maximum absolute atomic E-state index is 13.9. The van der Waals surface area contributed by atoms with Crippen LogP contribution in [0.1, 0.15) is 30.1 Å². The second-order valence-corrected chi connectivity index (χ2v) is 7.19. The van der Waals surface area contributed by atoms with Crippen molar-refractivity contribution >= 4 is 17.8 Å². The summed E-state index contributed by atoms with van der Waals surface area (Å²) in [4.78, 5) is 40.0. The molecule has 0 radical (unpaired) electrons. The van der Waals surface area contributed by atoms with E-state index in [1.807, 2.05) is 0 Å². The van der Waals surface area contributed by atoms with Crippen LogP contribution in [0.2, 0.25) is 0 Å². The van der Waals surface area contributed by atoms with Gasteiger partial charge < -0.3 is 14.5 Å². The van der Waals surface area contributed by atoms with Gasteiger partial charge in [-0.3, -0.25) is 14.4 Å². The highest BCUT2D eigenvalue weighted by atomic mass is 19.1. The zero-order chi connectivity index (χ0) is 21.7. The minimum absolute atomic E-state index is 0.0895. The number of piperidine rings is 1. The SMILES string of the molecule is CCOC(=O)C1CCN(C(=O)CN(C)C(=O)c2cnn(-c3ccccc3F)c2)CC1. The normalized spacial score (nSPS) is 14.4. The summed E-state index contributed by atoms with van der Waals surface area (Å²) in [6.45, 7) is 2.93. The van der Waals surface area contributed by atoms with E-state index in [9.17, 15) is 18.8 Å². The summed E-state index contributed by atoms with van der Waals surface area (Å²) in [5.74, 6) is -1.42. The Morgan fingerprint density at radius 2 is 1.93 bits per heavy atom. The van der Waals surface area contributed by atoms with Crippen molar-refractivity contribution in [2.24, 2.45) is 5.92 Å². The fourth-order valence-electron chi connectivity index (χ4n) is 3.42. The lowest BCUT2D eigenvalue weighted by Crippen LogP contribution is -2.45. The molecule has 1 fully saturated rings. The quantitative estimate of drug-likeness (QED) is 0.672. The molecule has 0 spiro atoms. The van der Waals surface area contributed by atoms with E-state index in [1.165, 1.54) is 35.1 Å². The van der Waals surface area contributed by atoms with Gasteiger partial charge in [-0.15, -0.1) is 0 Å². The van der Waals surface area contributed by atoms with Crippen LogP contribution in [0.4, 0.5) is 4.39 Å². The maximum Gasteiger partial charge on any atom is 0.309 e. The topological polar surface area (TPSA) is 84.7 Å². The van der Waals surface area contributed by atoms with Gasteiger partial charge in [0.15, 0.2) is 0 Å². The van der Waals surface area contributed by atoms with Crippen LogP contribution in [0.25, 0.3) is 5.69 Å². The van der Waals surface area contributed by atoms with Crippen molar-refractivity contribution in [3.8, 4) is 5.69 Å². The molecule has 8 nitrogen and oxygen atoms in total. The van der Waals surface area contributed by atoms with Crippen LogP contribution in [0.3, 0.4) is 0 Å². The van der Waals surface area contributed by atoms with Gasteiger partial charge >= 0.3 is 5.97 Å². The number of amides is 2. The number of likely N-dealkylation sites (tertiary alicyclic amines) is 1. The van der Waals surface area contributed by atoms with Crippen molar-refractivity contribution in [2.45, 2.75) is 19.8 Å². The minimum atomic E-state index is -0.450. The van der Waals surface area contributed by atoms with Crippen LogP contribution in [0, 0.1) is 11.7 Å². The molecule has 1 aromatic heterocycles. The first-order valence-corrected chi connectivity index (χ1v) is 9.90. The fourth-order valence-corrected chi connectivity index (χ4v) is 3.42. The Morgan fingerprint density at radius 3 is 2.60 bits per heavy atom. The first-order chi connectivity index (χ1) is 14.4. The number of carbonyl (C=O) groups excluding carboxylic acids is 3. The summed E-state index contributed by atoms with van der Waals surface area (Å²) in [7, 11) is 1.53. The van der Waals surface area contributed by atoms with Crippen molar-refractivity contribution in [1.82, 2.24) is 19.6 Å². The second kappa shape index (κ2) is 9.51. The maximum atomic E-state index is 13.9. The van der Waals surface area contributed by atoms with Gasteiger partial charge in [0, 0.05) is 26.3 Å². The third-order valence-corrected chi connectivity index (χ3v) is 5.12. The summed E-state index contributed by atoms with van der Waals surface area (Å²) in [5, 5.41) is 4.05. The monoisotopic (exact) mass is 416 g/mol. The van der Waals surface area contributed by atoms with E-state index in [0.29, 0.717) is 32.5 Å². The fraction of sp³-hybridized carbons (Fsp3) is 0.429. The molecule has 2 aromatic rings. The smallest absolute Gasteiger partial charge is 0.309 e. The molecule has 2 amide bonds. The number of ether oxygens (including phenoxy) is 1. The van der Waals surface area contributed by atoms with Crippen LogP contribution in [-0.4, -0.2) is 70.7 Å². The number of nitrogens with zero attached hydrogens (tertiary/aromatic N) is 4. The number of hydrogen-bond acceptors (Lipinski definition) is 5. The predicted molar refractivity (Wildman–Crippen MR) is 106 cm³/mol. The van der Waals surface area contributed by atoms with Gasteiger partial charge in [0.2, 0.25) is 5.91 Å². The number of carbonyl (C=O) groups is 3. The molecule has 1 aliphatic rings. The lowest BCUT2D eigenvalue weighted by Gasteiger charge is -2.32. The molecule has 0 atom stereocenters. The van der Waals surface area contributed by atoms with Gasteiger partial charge in [0.25, 0.3) is 5.91 Å². The molecule has 0 bridgehead atoms. The number of likely N-dealkylation sites (N-methyl/N-ethyl adjacent to an activating group) is 1. The van der Waals surface area contributed by atoms with Crippen molar-refractivity contribution in [1.29, 1.82) is 0 Å². The average Bonchev–Trinajstić information content (AvgIpc) is 3.23. The average molecular weight is 416 g/mol. The first-order valence-electron chi connectivity index (χ1n) is 9.90. The van der Waals surface area contributed by atoms with Crippen molar-refractivity contribution in [3.05, 3.63) is 48.0 Å². The molecule has 1 aromatic carbocycles. The summed E-state index contributed by atoms with van der Waals surface area (Å²) in [6.07, 6.45) is 3.89. The van der Waals surface area contributed by atoms with E-state index in [-0.39, 0.29) is 41.5 Å². The highest BCUT2D eigenvalue weighted by molar-refractivity contribution is 5.96. The van der Waals surface area contributed by atoms with Gasteiger partial charge in [-0.2, -0.15) is 5.10 Å². The first kappa shape index (κ1) is 21.5. The Bertz CT molecular complexity index is 921. The molecule has 30 heavy (non-hydrogen) atoms. The van der Waals surface area contributed by atoms with E-state index >= 15 is 0 Å². The van der Waals surface area contributed by atoms with E-state index in [1.54, 1.807) is 30.0 Å². The summed E-state index contributed by atoms with van der Waals surface area (Å²) >= 11 is 0. The standard InChI is InChI=1S/C21H25FN4O4/c1-3-30-21(29)15-8-10-25(11-9-15)19(27)14-24(2)20(28)16-12-23-26(13-16)18-7-5-4-6-17(18)22/h4-7,12-13,15H,3,8-11,14H2,1-2H3. The van der Waals surface area contributed by atoms with E-state index < -0.39 is 5.82 Å². The molecular weight excluding hydrogens is 391 g/mol. The van der Waals surface area contributed by atoms with Crippen LogP contribution in [0.5, 0.6) is 0 Å². The van der Waals surface area contributed by atoms with Crippen molar-refractivity contribution in [3.63, 3.8) is 0 Å². The zero-order valence-electron chi connectivity index (χ0n) is 17.1. The van der Waals surface area contributed by atoms with Gasteiger partial charge in [-0.25, -0.2) is 9.07 Å². The molecule has 0 unspecified atom stereocenters. The summed E-state index contributed by atoms with van der Waals surface area (Å²) in [5.41, 5.74) is 0.495. The van der Waals surface area contributed by atoms with Crippen LogP contribution < -0.4 is 0 Å². The molecule has 1 saturated heterocycles.